The summed E-state index contributed by atoms with van der Waals surface area (Å²) in [7, 11) is 1.00. The van der Waals surface area contributed by atoms with Crippen LogP contribution in [0.25, 0.3) is 0 Å². The molecule has 1 heterocycles. The predicted molar refractivity (Wildman–Crippen MR) is 57.7 cm³/mol. The summed E-state index contributed by atoms with van der Waals surface area (Å²) in [6.45, 7) is 0. The molecule has 0 aliphatic carbocycles. The molecule has 0 atom stereocenters. The Kier molecular flexibility index (Phi) is 6.11. The SMILES string of the molecule is O=C(CSSOOO)Nc1ccc(F)cn1. The second-order valence-electron chi connectivity index (χ2n) is 2.38. The minimum Gasteiger partial charge on any atom is -0.310 e. The van der Waals surface area contributed by atoms with Gasteiger partial charge in [-0.15, -0.1) is 4.33 Å². The Morgan fingerprint density at radius 2 is 2.44 bits per heavy atom. The molecule has 0 radical (unpaired) electrons. The average molecular weight is 266 g/mol. The van der Waals surface area contributed by atoms with Gasteiger partial charge in [-0.05, 0) is 12.1 Å². The zero-order chi connectivity index (χ0) is 11.8. The molecule has 0 aromatic carbocycles. The number of aromatic nitrogens is 1. The van der Waals surface area contributed by atoms with E-state index in [0.29, 0.717) is 11.1 Å². The quantitative estimate of drug-likeness (QED) is 0.267. The first-order chi connectivity index (χ1) is 7.72. The molecule has 1 amide bonds. The summed E-state index contributed by atoms with van der Waals surface area (Å²) in [5.41, 5.74) is 0. The van der Waals surface area contributed by atoms with E-state index >= 15 is 0 Å². The van der Waals surface area contributed by atoms with Crippen LogP contribution in [0.15, 0.2) is 18.3 Å². The highest BCUT2D eigenvalue weighted by molar-refractivity contribution is 8.75. The van der Waals surface area contributed by atoms with Crippen LogP contribution < -0.4 is 5.32 Å². The largest absolute Gasteiger partial charge is 0.310 e. The number of halogens is 1. The summed E-state index contributed by atoms with van der Waals surface area (Å²) >= 11 is 0.698. The number of hydrogen-bond donors (Lipinski definition) is 2. The fourth-order valence-electron chi connectivity index (χ4n) is 0.738. The van der Waals surface area contributed by atoms with Crippen LogP contribution in [0.4, 0.5) is 10.2 Å². The number of carbonyl (C=O) groups excluding carboxylic acids is 1. The molecule has 0 fully saturated rings. The normalized spacial score (nSPS) is 10.1. The van der Waals surface area contributed by atoms with E-state index in [2.05, 4.69) is 19.7 Å². The molecule has 6 nitrogen and oxygen atoms in total. The Morgan fingerprint density at radius 3 is 3.06 bits per heavy atom. The highest BCUT2D eigenvalue weighted by Crippen LogP contribution is 2.21. The van der Waals surface area contributed by atoms with Crippen LogP contribution in [0.3, 0.4) is 0 Å². The van der Waals surface area contributed by atoms with Gasteiger partial charge in [0.2, 0.25) is 5.91 Å². The van der Waals surface area contributed by atoms with E-state index in [0.717, 1.165) is 17.0 Å². The molecular weight excluding hydrogens is 259 g/mol. The summed E-state index contributed by atoms with van der Waals surface area (Å²) in [6, 6.07) is 2.53. The lowest BCUT2D eigenvalue weighted by Crippen LogP contribution is -2.14. The first-order valence-electron chi connectivity index (χ1n) is 3.90. The van der Waals surface area contributed by atoms with Gasteiger partial charge in [0.05, 0.1) is 11.9 Å². The van der Waals surface area contributed by atoms with Crippen molar-refractivity contribution in [2.45, 2.75) is 0 Å². The lowest BCUT2D eigenvalue weighted by atomic mass is 10.4. The number of amides is 1. The number of hydrogen-bond acceptors (Lipinski definition) is 7. The average Bonchev–Trinajstić information content (AvgIpc) is 2.28. The molecule has 0 unspecified atom stereocenters. The van der Waals surface area contributed by atoms with Gasteiger partial charge in [-0.25, -0.2) is 14.6 Å². The molecule has 2 N–H and O–H groups in total. The number of carbonyl (C=O) groups is 1. The maximum Gasteiger partial charge on any atom is 0.236 e. The van der Waals surface area contributed by atoms with Crippen LogP contribution in [0.1, 0.15) is 0 Å². The Balaban J connectivity index is 2.26. The number of nitrogens with zero attached hydrogens (tertiary/aromatic N) is 1. The second-order valence-corrected chi connectivity index (χ2v) is 4.29. The number of rotatable bonds is 6. The summed E-state index contributed by atoms with van der Waals surface area (Å²) in [5, 5.41) is 13.5. The lowest BCUT2D eigenvalue weighted by Gasteiger charge is -2.02. The maximum absolute atomic E-state index is 12.5. The van der Waals surface area contributed by atoms with Gasteiger partial charge in [0.15, 0.2) is 0 Å². The smallest absolute Gasteiger partial charge is 0.236 e. The molecule has 0 spiro atoms. The third-order valence-electron chi connectivity index (χ3n) is 1.29. The van der Waals surface area contributed by atoms with Gasteiger partial charge >= 0.3 is 0 Å². The molecule has 16 heavy (non-hydrogen) atoms. The minimum atomic E-state index is -0.476. The molecule has 88 valence electrons. The maximum atomic E-state index is 12.5. The van der Waals surface area contributed by atoms with E-state index in [1.165, 1.54) is 12.1 Å². The molecule has 0 bridgehead atoms. The van der Waals surface area contributed by atoms with Gasteiger partial charge < -0.3 is 5.32 Å². The van der Waals surface area contributed by atoms with Gasteiger partial charge in [-0.2, -0.15) is 0 Å². The standard InChI is InChI=1S/C7H7FN2O4S2/c8-5-1-2-6(9-3-5)10-7(11)4-15-16-14-13-12/h1-3,12H,4H2,(H,9,10,11). The highest BCUT2D eigenvalue weighted by atomic mass is 33.1. The van der Waals surface area contributed by atoms with E-state index in [1.54, 1.807) is 0 Å². The van der Waals surface area contributed by atoms with E-state index in [9.17, 15) is 9.18 Å². The molecule has 9 heteroatoms. The zero-order valence-corrected chi connectivity index (χ0v) is 9.39. The van der Waals surface area contributed by atoms with Crippen molar-refractivity contribution in [2.24, 2.45) is 0 Å². The fraction of sp³-hybridized carbons (Fsp3) is 0.143. The van der Waals surface area contributed by atoms with Crippen LogP contribution in [-0.4, -0.2) is 21.9 Å². The van der Waals surface area contributed by atoms with Gasteiger partial charge in [-0.1, -0.05) is 15.8 Å². The summed E-state index contributed by atoms with van der Waals surface area (Å²) < 4.78 is 16.5. The zero-order valence-electron chi connectivity index (χ0n) is 7.75. The third-order valence-corrected chi connectivity index (χ3v) is 2.69. The van der Waals surface area contributed by atoms with Gasteiger partial charge in [0.1, 0.15) is 22.7 Å². The molecule has 1 aromatic rings. The highest BCUT2D eigenvalue weighted by Gasteiger charge is 2.04. The van der Waals surface area contributed by atoms with Crippen molar-refractivity contribution in [3.05, 3.63) is 24.1 Å². The van der Waals surface area contributed by atoms with Crippen LogP contribution >= 0.6 is 21.9 Å². The third kappa shape index (κ3) is 5.28. The number of nitrogens with one attached hydrogen (secondary N) is 1. The van der Waals surface area contributed by atoms with E-state index in [4.69, 9.17) is 5.26 Å². The molecule has 0 aliphatic heterocycles. The van der Waals surface area contributed by atoms with Crippen molar-refractivity contribution < 1.29 is 23.8 Å². The molecule has 1 aromatic heterocycles. The van der Waals surface area contributed by atoms with E-state index < -0.39 is 5.82 Å². The topological polar surface area (TPSA) is 80.7 Å². The van der Waals surface area contributed by atoms with Gasteiger partial charge in [0, 0.05) is 0 Å². The summed E-state index contributed by atoms with van der Waals surface area (Å²) in [6.07, 6.45) is 1.00. The monoisotopic (exact) mass is 266 g/mol. The molecule has 1 rings (SSSR count). The van der Waals surface area contributed by atoms with Crippen molar-refractivity contribution in [3.8, 4) is 0 Å². The fourth-order valence-corrected chi connectivity index (χ4v) is 1.69. The number of anilines is 1. The van der Waals surface area contributed by atoms with E-state index in [1.807, 2.05) is 0 Å². The second kappa shape index (κ2) is 7.41. The van der Waals surface area contributed by atoms with Crippen LogP contribution in [0.2, 0.25) is 0 Å². The van der Waals surface area contributed by atoms with Crippen LogP contribution in [0, 0.1) is 5.82 Å². The molecular formula is C7H7FN2O4S2. The summed E-state index contributed by atoms with van der Waals surface area (Å²) in [4.78, 5) is 14.9. The van der Waals surface area contributed by atoms with Crippen LogP contribution in [0.5, 0.6) is 0 Å². The number of pyridine rings is 1. The van der Waals surface area contributed by atoms with Crippen molar-refractivity contribution >= 4 is 33.6 Å². The Hall–Kier alpha value is -0.870. The van der Waals surface area contributed by atoms with Crippen molar-refractivity contribution in [3.63, 3.8) is 0 Å². The molecule has 0 saturated carbocycles. The predicted octanol–water partition coefficient (Wildman–Crippen LogP) is 1.88. The van der Waals surface area contributed by atoms with Crippen molar-refractivity contribution in [1.29, 1.82) is 0 Å². The first-order valence-corrected chi connectivity index (χ1v) is 6.14. The van der Waals surface area contributed by atoms with Crippen molar-refractivity contribution in [1.82, 2.24) is 4.98 Å². The van der Waals surface area contributed by atoms with E-state index in [-0.39, 0.29) is 17.5 Å². The van der Waals surface area contributed by atoms with Crippen LogP contribution in [-0.2, 0) is 14.2 Å². The Bertz CT molecular complexity index is 338. The summed E-state index contributed by atoms with van der Waals surface area (Å²) in [5.74, 6) is -0.488. The Morgan fingerprint density at radius 1 is 1.62 bits per heavy atom. The minimum absolute atomic E-state index is 0.0626. The first kappa shape index (κ1) is 13.2. The van der Waals surface area contributed by atoms with Gasteiger partial charge in [0.25, 0.3) is 0 Å². The Labute approximate surface area is 98.0 Å². The van der Waals surface area contributed by atoms with Gasteiger partial charge in [-0.3, -0.25) is 4.79 Å². The molecule has 0 saturated heterocycles. The molecule has 0 aliphatic rings. The lowest BCUT2D eigenvalue weighted by molar-refractivity contribution is -0.431. The van der Waals surface area contributed by atoms with Crippen molar-refractivity contribution in [2.75, 3.05) is 11.1 Å².